The highest BCUT2D eigenvalue weighted by molar-refractivity contribution is 14.1. The maximum Gasteiger partial charge on any atom is 0.257 e. The van der Waals surface area contributed by atoms with E-state index in [0.717, 1.165) is 14.7 Å². The first-order chi connectivity index (χ1) is 16.4. The van der Waals surface area contributed by atoms with Crippen molar-refractivity contribution < 1.29 is 9.90 Å². The van der Waals surface area contributed by atoms with Gasteiger partial charge >= 0.3 is 0 Å². The predicted octanol–water partition coefficient (Wildman–Crippen LogP) is 6.75. The van der Waals surface area contributed by atoms with Crippen LogP contribution in [0.5, 0.6) is 0 Å². The largest absolute Gasteiger partial charge is 0.396 e. The molecule has 2 atom stereocenters. The van der Waals surface area contributed by atoms with Gasteiger partial charge in [-0.15, -0.1) is 0 Å². The number of aliphatic hydroxyl groups is 1. The van der Waals surface area contributed by atoms with Gasteiger partial charge < -0.3 is 15.3 Å². The van der Waals surface area contributed by atoms with Crippen molar-refractivity contribution in [2.45, 2.75) is 25.4 Å². The Morgan fingerprint density at radius 3 is 2.35 bits per heavy atom. The molecule has 34 heavy (non-hydrogen) atoms. The second-order valence-corrected chi connectivity index (χ2v) is 10.2. The maximum atomic E-state index is 14.1. The van der Waals surface area contributed by atoms with Gasteiger partial charge in [0.2, 0.25) is 0 Å². The molecule has 0 unspecified atom stereocenters. The van der Waals surface area contributed by atoms with Crippen LogP contribution >= 0.6 is 45.8 Å². The van der Waals surface area contributed by atoms with Gasteiger partial charge in [-0.2, -0.15) is 0 Å². The lowest BCUT2D eigenvalue weighted by molar-refractivity contribution is 0.0652. The van der Waals surface area contributed by atoms with Crippen LogP contribution < -0.4 is 5.32 Å². The molecule has 3 aromatic rings. The third kappa shape index (κ3) is 5.40. The minimum Gasteiger partial charge on any atom is -0.396 e. The van der Waals surface area contributed by atoms with E-state index in [2.05, 4.69) is 27.9 Å². The van der Waals surface area contributed by atoms with E-state index in [1.807, 2.05) is 78.6 Å². The van der Waals surface area contributed by atoms with Crippen LogP contribution in [0.2, 0.25) is 10.0 Å². The third-order valence-corrected chi connectivity index (χ3v) is 6.98. The van der Waals surface area contributed by atoms with E-state index in [1.54, 1.807) is 0 Å². The first-order valence-electron chi connectivity index (χ1n) is 10.9. The topological polar surface area (TPSA) is 64.9 Å². The third-order valence-electron chi connectivity index (χ3n) is 5.80. The van der Waals surface area contributed by atoms with Crippen molar-refractivity contribution in [2.75, 3.05) is 18.5 Å². The Kier molecular flexibility index (Phi) is 8.14. The molecule has 1 amide bonds. The van der Waals surface area contributed by atoms with E-state index in [-0.39, 0.29) is 18.6 Å². The summed E-state index contributed by atoms with van der Waals surface area (Å²) in [6.07, 6.45) is 0.527. The van der Waals surface area contributed by atoms with E-state index >= 15 is 0 Å². The first-order valence-corrected chi connectivity index (χ1v) is 12.8. The Morgan fingerprint density at radius 1 is 1.06 bits per heavy atom. The molecular weight excluding hydrogens is 584 g/mol. The molecule has 8 heteroatoms. The summed E-state index contributed by atoms with van der Waals surface area (Å²) in [5, 5.41) is 14.0. The number of nitrogens with one attached hydrogen (secondary N) is 1. The highest BCUT2D eigenvalue weighted by atomic mass is 127. The van der Waals surface area contributed by atoms with Gasteiger partial charge in [0.15, 0.2) is 0 Å². The quantitative estimate of drug-likeness (QED) is 0.241. The average Bonchev–Trinajstić information content (AvgIpc) is 2.94. The molecule has 0 aliphatic carbocycles. The van der Waals surface area contributed by atoms with Crippen molar-refractivity contribution in [3.8, 4) is 0 Å². The monoisotopic (exact) mass is 607 g/mol. The number of hydrogen-bond donors (Lipinski definition) is 2. The van der Waals surface area contributed by atoms with Crippen molar-refractivity contribution in [1.29, 1.82) is 0 Å². The Labute approximate surface area is 222 Å². The summed E-state index contributed by atoms with van der Waals surface area (Å²) in [4.78, 5) is 20.8. The Balaban J connectivity index is 1.92. The van der Waals surface area contributed by atoms with Crippen LogP contribution in [0.3, 0.4) is 0 Å². The molecule has 3 aromatic carbocycles. The van der Waals surface area contributed by atoms with E-state index in [4.69, 9.17) is 28.2 Å². The van der Waals surface area contributed by atoms with Crippen molar-refractivity contribution in [3.63, 3.8) is 0 Å². The number of benzene rings is 3. The molecule has 0 radical (unpaired) electrons. The van der Waals surface area contributed by atoms with Crippen LogP contribution in [0.1, 0.15) is 46.9 Å². The molecule has 2 N–H and O–H groups in total. The molecule has 0 bridgehead atoms. The van der Waals surface area contributed by atoms with Gasteiger partial charge in [0.05, 0.1) is 17.3 Å². The van der Waals surface area contributed by atoms with Gasteiger partial charge in [-0.05, 0) is 89.5 Å². The summed E-state index contributed by atoms with van der Waals surface area (Å²) in [5.74, 6) is 0.542. The molecule has 0 aromatic heterocycles. The summed E-state index contributed by atoms with van der Waals surface area (Å²) in [6.45, 7) is 2.48. The standard InChI is InChI=1S/C26H24Cl2IN3O2/c1-16(17-3-7-19(27)8-4-17)32-24(18-5-9-20(28)10-6-18)25(30-13-2-14-33)31-23-12-11-21(29)15-22(23)26(32)34/h3-12,15-16,24,33H,2,13-14H2,1H3,(H,30,31)/t16-,24+/m1/s1. The number of carbonyl (C=O) groups excluding carboxylic acids is 1. The first kappa shape index (κ1) is 25.0. The molecule has 5 nitrogen and oxygen atoms in total. The summed E-state index contributed by atoms with van der Waals surface area (Å²) in [7, 11) is 0. The van der Waals surface area contributed by atoms with Gasteiger partial charge in [-0.1, -0.05) is 47.5 Å². The number of aliphatic hydroxyl groups excluding tert-OH is 1. The number of anilines is 1. The molecule has 1 heterocycles. The maximum absolute atomic E-state index is 14.1. The molecular formula is C26H24Cl2IN3O2. The Hall–Kier alpha value is -2.13. The molecule has 4 rings (SSSR count). The normalized spacial score (nSPS) is 17.8. The van der Waals surface area contributed by atoms with Crippen LogP contribution in [-0.4, -0.2) is 34.9 Å². The van der Waals surface area contributed by atoms with Crippen molar-refractivity contribution in [1.82, 2.24) is 4.90 Å². The zero-order valence-electron chi connectivity index (χ0n) is 18.5. The molecule has 0 fully saturated rings. The van der Waals surface area contributed by atoms with E-state index in [9.17, 15) is 9.90 Å². The summed E-state index contributed by atoms with van der Waals surface area (Å²) < 4.78 is 0.967. The minimum absolute atomic E-state index is 0.0427. The number of fused-ring (bicyclic) bond motifs is 1. The number of rotatable bonds is 6. The Morgan fingerprint density at radius 2 is 1.71 bits per heavy atom. The fraction of sp³-hybridized carbons (Fsp3) is 0.231. The fourth-order valence-electron chi connectivity index (χ4n) is 4.06. The molecule has 0 saturated heterocycles. The highest BCUT2D eigenvalue weighted by Crippen LogP contribution is 2.38. The van der Waals surface area contributed by atoms with Crippen LogP contribution in [0.25, 0.3) is 0 Å². The van der Waals surface area contributed by atoms with E-state index in [0.29, 0.717) is 40.1 Å². The zero-order chi connectivity index (χ0) is 24.2. The van der Waals surface area contributed by atoms with Crippen molar-refractivity contribution >= 4 is 63.2 Å². The minimum atomic E-state index is -0.487. The number of nitrogens with zero attached hydrogens (tertiary/aromatic N) is 2. The van der Waals surface area contributed by atoms with Gasteiger partial charge in [-0.3, -0.25) is 9.79 Å². The van der Waals surface area contributed by atoms with Crippen molar-refractivity contribution in [3.05, 3.63) is 97.0 Å². The predicted molar refractivity (Wildman–Crippen MR) is 147 cm³/mol. The zero-order valence-corrected chi connectivity index (χ0v) is 22.2. The van der Waals surface area contributed by atoms with Gasteiger partial charge in [0, 0.05) is 26.8 Å². The molecule has 1 aliphatic rings. The van der Waals surface area contributed by atoms with Gasteiger partial charge in [0.25, 0.3) is 5.91 Å². The van der Waals surface area contributed by atoms with Gasteiger partial charge in [-0.25, -0.2) is 0 Å². The molecule has 176 valence electrons. The molecule has 1 aliphatic heterocycles. The Bertz CT molecular complexity index is 1200. The summed E-state index contributed by atoms with van der Waals surface area (Å²) >= 11 is 14.5. The van der Waals surface area contributed by atoms with Crippen LogP contribution in [0.15, 0.2) is 71.7 Å². The number of amidine groups is 1. The number of halogens is 3. The van der Waals surface area contributed by atoms with Crippen LogP contribution in [-0.2, 0) is 0 Å². The summed E-state index contributed by atoms with van der Waals surface area (Å²) in [6, 6.07) is 20.0. The number of aliphatic imine (C=N–C) groups is 1. The van der Waals surface area contributed by atoms with Crippen LogP contribution in [0.4, 0.5) is 5.69 Å². The average molecular weight is 608 g/mol. The fourth-order valence-corrected chi connectivity index (χ4v) is 4.80. The number of hydrogen-bond acceptors (Lipinski definition) is 3. The SMILES string of the molecule is C[C@H](c1ccc(Cl)cc1)N1C(=O)c2cc(I)ccc2NC(=NCCCO)[C@@H]1c1ccc(Cl)cc1. The van der Waals surface area contributed by atoms with E-state index < -0.39 is 6.04 Å². The summed E-state index contributed by atoms with van der Waals surface area (Å²) in [5.41, 5.74) is 3.13. The highest BCUT2D eigenvalue weighted by Gasteiger charge is 2.38. The second kappa shape index (κ2) is 11.1. The smallest absolute Gasteiger partial charge is 0.257 e. The van der Waals surface area contributed by atoms with E-state index in [1.165, 1.54) is 0 Å². The second-order valence-electron chi connectivity index (χ2n) is 8.05. The molecule has 0 spiro atoms. The van der Waals surface area contributed by atoms with Crippen molar-refractivity contribution in [2.24, 2.45) is 4.99 Å². The lowest BCUT2D eigenvalue weighted by atomic mass is 9.98. The number of carbonyl (C=O) groups is 1. The van der Waals surface area contributed by atoms with Crippen LogP contribution in [0, 0.1) is 3.57 Å². The number of amides is 1. The lowest BCUT2D eigenvalue weighted by Gasteiger charge is -2.36. The van der Waals surface area contributed by atoms with Gasteiger partial charge in [0.1, 0.15) is 11.9 Å². The molecule has 0 saturated carbocycles. The lowest BCUT2D eigenvalue weighted by Crippen LogP contribution is -2.40.